The van der Waals surface area contributed by atoms with E-state index in [4.69, 9.17) is 5.11 Å². The Kier molecular flexibility index (Phi) is 5.32. The molecule has 1 N–H and O–H groups in total. The molecule has 0 saturated carbocycles. The molecule has 0 radical (unpaired) electrons. The van der Waals surface area contributed by atoms with E-state index in [1.54, 1.807) is 19.9 Å². The van der Waals surface area contributed by atoms with Crippen LogP contribution in [0.1, 0.15) is 20.3 Å². The summed E-state index contributed by atoms with van der Waals surface area (Å²) < 4.78 is 26.8. The van der Waals surface area contributed by atoms with Crippen LogP contribution in [0.4, 0.5) is 0 Å². The van der Waals surface area contributed by atoms with Crippen molar-refractivity contribution in [1.29, 1.82) is 0 Å². The SMILES string of the molecule is CC(C)N(CCC(=O)O)S(=O)(=O)c1ccc(Br)s1. The van der Waals surface area contributed by atoms with Gasteiger partial charge in [0.05, 0.1) is 10.2 Å². The van der Waals surface area contributed by atoms with Crippen molar-refractivity contribution in [2.24, 2.45) is 0 Å². The van der Waals surface area contributed by atoms with Crippen molar-refractivity contribution in [3.8, 4) is 0 Å². The topological polar surface area (TPSA) is 74.7 Å². The van der Waals surface area contributed by atoms with Crippen LogP contribution >= 0.6 is 27.3 Å². The first-order chi connectivity index (χ1) is 8.25. The van der Waals surface area contributed by atoms with Gasteiger partial charge in [-0.15, -0.1) is 11.3 Å². The van der Waals surface area contributed by atoms with Gasteiger partial charge in [0, 0.05) is 12.6 Å². The Morgan fingerprint density at radius 3 is 2.50 bits per heavy atom. The summed E-state index contributed by atoms with van der Waals surface area (Å²) in [6, 6.07) is 2.89. The largest absolute Gasteiger partial charge is 0.481 e. The second kappa shape index (κ2) is 6.14. The number of nitrogens with zero attached hydrogens (tertiary/aromatic N) is 1. The van der Waals surface area contributed by atoms with Crippen LogP contribution in [0.2, 0.25) is 0 Å². The van der Waals surface area contributed by atoms with Crippen molar-refractivity contribution in [1.82, 2.24) is 4.31 Å². The fourth-order valence-electron chi connectivity index (χ4n) is 1.41. The van der Waals surface area contributed by atoms with E-state index in [9.17, 15) is 13.2 Å². The third-order valence-corrected chi connectivity index (χ3v) is 6.40. The molecule has 0 bridgehead atoms. The van der Waals surface area contributed by atoms with Crippen LogP contribution in [-0.2, 0) is 14.8 Å². The monoisotopic (exact) mass is 355 g/mol. The summed E-state index contributed by atoms with van der Waals surface area (Å²) in [4.78, 5) is 10.6. The molecular weight excluding hydrogens is 342 g/mol. The number of hydrogen-bond acceptors (Lipinski definition) is 4. The average Bonchev–Trinajstić information content (AvgIpc) is 2.64. The predicted molar refractivity (Wildman–Crippen MR) is 73.3 cm³/mol. The molecule has 0 fully saturated rings. The molecule has 1 aromatic heterocycles. The number of carboxylic acid groups (broad SMARTS) is 1. The van der Waals surface area contributed by atoms with Crippen LogP contribution in [0.3, 0.4) is 0 Å². The zero-order valence-corrected chi connectivity index (χ0v) is 13.2. The van der Waals surface area contributed by atoms with Crippen LogP contribution in [0.5, 0.6) is 0 Å². The van der Waals surface area contributed by atoms with Gasteiger partial charge in [0.2, 0.25) is 0 Å². The van der Waals surface area contributed by atoms with Gasteiger partial charge in [-0.1, -0.05) is 0 Å². The molecule has 0 amide bonds. The van der Waals surface area contributed by atoms with E-state index in [1.807, 2.05) is 0 Å². The lowest BCUT2D eigenvalue weighted by atomic mass is 10.3. The molecule has 0 spiro atoms. The number of carbonyl (C=O) groups is 1. The van der Waals surface area contributed by atoms with Crippen molar-refractivity contribution < 1.29 is 18.3 Å². The first-order valence-corrected chi connectivity index (χ1v) is 8.29. The number of sulfonamides is 1. The maximum Gasteiger partial charge on any atom is 0.304 e. The molecule has 0 saturated heterocycles. The van der Waals surface area contributed by atoms with Crippen molar-refractivity contribution in [3.05, 3.63) is 15.9 Å². The number of rotatable bonds is 6. The van der Waals surface area contributed by atoms with Gasteiger partial charge in [0.25, 0.3) is 10.0 Å². The second-order valence-corrected chi connectivity index (χ2v) is 8.49. The standard InChI is InChI=1S/C10H14BrNO4S2/c1-7(2)12(6-5-9(13)14)18(15,16)10-4-3-8(11)17-10/h3-4,7H,5-6H2,1-2H3,(H,13,14). The highest BCUT2D eigenvalue weighted by Crippen LogP contribution is 2.29. The highest BCUT2D eigenvalue weighted by Gasteiger charge is 2.28. The fraction of sp³-hybridized carbons (Fsp3) is 0.500. The van der Waals surface area contributed by atoms with Gasteiger partial charge < -0.3 is 5.11 Å². The summed E-state index contributed by atoms with van der Waals surface area (Å²) in [5.74, 6) is -1.01. The lowest BCUT2D eigenvalue weighted by Crippen LogP contribution is -2.38. The second-order valence-electron chi connectivity index (χ2n) is 3.91. The van der Waals surface area contributed by atoms with E-state index in [-0.39, 0.29) is 23.2 Å². The molecule has 0 aliphatic rings. The van der Waals surface area contributed by atoms with Gasteiger partial charge in [-0.25, -0.2) is 8.42 Å². The Hall–Kier alpha value is -0.440. The molecule has 1 aromatic rings. The van der Waals surface area contributed by atoms with E-state index in [1.165, 1.54) is 10.4 Å². The van der Waals surface area contributed by atoms with Gasteiger partial charge >= 0.3 is 5.97 Å². The Balaban J connectivity index is 3.01. The Labute approximate surface area is 119 Å². The summed E-state index contributed by atoms with van der Waals surface area (Å²) in [6.07, 6.45) is -0.204. The number of hydrogen-bond donors (Lipinski definition) is 1. The molecule has 0 aliphatic heterocycles. The zero-order chi connectivity index (χ0) is 13.9. The summed E-state index contributed by atoms with van der Waals surface area (Å²) in [6.45, 7) is 3.43. The summed E-state index contributed by atoms with van der Waals surface area (Å²) in [5, 5.41) is 8.66. The molecule has 5 nitrogen and oxygen atoms in total. The Morgan fingerprint density at radius 2 is 2.11 bits per heavy atom. The molecule has 0 atom stereocenters. The molecule has 1 heterocycles. The molecular formula is C10H14BrNO4S2. The van der Waals surface area contributed by atoms with Crippen LogP contribution < -0.4 is 0 Å². The minimum atomic E-state index is -3.62. The molecule has 18 heavy (non-hydrogen) atoms. The Morgan fingerprint density at radius 1 is 1.50 bits per heavy atom. The van der Waals surface area contributed by atoms with Crippen molar-refractivity contribution >= 4 is 43.3 Å². The van der Waals surface area contributed by atoms with Gasteiger partial charge in [0.1, 0.15) is 4.21 Å². The third kappa shape index (κ3) is 3.78. The first-order valence-electron chi connectivity index (χ1n) is 5.24. The maximum absolute atomic E-state index is 12.3. The van der Waals surface area contributed by atoms with Crippen LogP contribution in [0.15, 0.2) is 20.1 Å². The number of thiophene rings is 1. The zero-order valence-electron chi connectivity index (χ0n) is 9.96. The lowest BCUT2D eigenvalue weighted by molar-refractivity contribution is -0.137. The number of carboxylic acids is 1. The lowest BCUT2D eigenvalue weighted by Gasteiger charge is -2.24. The molecule has 0 unspecified atom stereocenters. The summed E-state index contributed by atoms with van der Waals surface area (Å²) in [5.41, 5.74) is 0. The van der Waals surface area contributed by atoms with Crippen molar-refractivity contribution in [3.63, 3.8) is 0 Å². The van der Waals surface area contributed by atoms with E-state index >= 15 is 0 Å². The van der Waals surface area contributed by atoms with Gasteiger partial charge in [0.15, 0.2) is 0 Å². The van der Waals surface area contributed by atoms with Gasteiger partial charge in [-0.3, -0.25) is 4.79 Å². The molecule has 8 heteroatoms. The summed E-state index contributed by atoms with van der Waals surface area (Å²) >= 11 is 4.33. The van der Waals surface area contributed by atoms with E-state index in [0.717, 1.165) is 15.1 Å². The predicted octanol–water partition coefficient (Wildman–Crippen LogP) is 2.38. The minimum Gasteiger partial charge on any atom is -0.481 e. The van der Waals surface area contributed by atoms with Crippen molar-refractivity contribution in [2.45, 2.75) is 30.5 Å². The molecule has 0 aromatic carbocycles. The van der Waals surface area contributed by atoms with Crippen molar-refractivity contribution in [2.75, 3.05) is 6.54 Å². The van der Waals surface area contributed by atoms with Crippen LogP contribution in [0.25, 0.3) is 0 Å². The third-order valence-electron chi connectivity index (χ3n) is 2.23. The van der Waals surface area contributed by atoms with Crippen LogP contribution in [-0.4, -0.2) is 36.4 Å². The van der Waals surface area contributed by atoms with E-state index < -0.39 is 16.0 Å². The van der Waals surface area contributed by atoms with Crippen LogP contribution in [0, 0.1) is 0 Å². The number of halogens is 1. The summed E-state index contributed by atoms with van der Waals surface area (Å²) in [7, 11) is -3.62. The average molecular weight is 356 g/mol. The van der Waals surface area contributed by atoms with Gasteiger partial charge in [-0.2, -0.15) is 4.31 Å². The van der Waals surface area contributed by atoms with Gasteiger partial charge in [-0.05, 0) is 41.9 Å². The normalized spacial score (nSPS) is 12.3. The van der Waals surface area contributed by atoms with E-state index in [0.29, 0.717) is 0 Å². The quantitative estimate of drug-likeness (QED) is 0.849. The number of aliphatic carboxylic acids is 1. The first kappa shape index (κ1) is 15.6. The van der Waals surface area contributed by atoms with E-state index in [2.05, 4.69) is 15.9 Å². The molecule has 0 aliphatic carbocycles. The maximum atomic E-state index is 12.3. The molecule has 1 rings (SSSR count). The highest BCUT2D eigenvalue weighted by atomic mass is 79.9. The smallest absolute Gasteiger partial charge is 0.304 e. The fourth-order valence-corrected chi connectivity index (χ4v) is 5.19. The Bertz CT molecular complexity index is 524. The molecule has 102 valence electrons. The highest BCUT2D eigenvalue weighted by molar-refractivity contribution is 9.11. The minimum absolute atomic E-state index is 0.0230.